The van der Waals surface area contributed by atoms with Gasteiger partial charge in [0.2, 0.25) is 0 Å². The first-order valence-corrected chi connectivity index (χ1v) is 7.63. The fraction of sp³-hybridized carbons (Fsp3) is 0.316. The van der Waals surface area contributed by atoms with Gasteiger partial charge in [-0.1, -0.05) is 50.6 Å². The van der Waals surface area contributed by atoms with Gasteiger partial charge < -0.3 is 4.57 Å². The lowest BCUT2D eigenvalue weighted by Crippen LogP contribution is -2.06. The van der Waals surface area contributed by atoms with Crippen LogP contribution in [0, 0.1) is 5.92 Å². The quantitative estimate of drug-likeness (QED) is 0.613. The van der Waals surface area contributed by atoms with E-state index in [0.29, 0.717) is 5.92 Å². The van der Waals surface area contributed by atoms with Gasteiger partial charge in [-0.05, 0) is 25.0 Å². The summed E-state index contributed by atoms with van der Waals surface area (Å²) in [6, 6.07) is 14.6. The van der Waals surface area contributed by atoms with Gasteiger partial charge in [0.05, 0.1) is 0 Å². The zero-order valence-corrected chi connectivity index (χ0v) is 12.9. The van der Waals surface area contributed by atoms with Gasteiger partial charge in [-0.15, -0.1) is 0 Å². The van der Waals surface area contributed by atoms with Crippen molar-refractivity contribution in [2.45, 2.75) is 33.7 Å². The van der Waals surface area contributed by atoms with E-state index in [-0.39, 0.29) is 5.78 Å². The van der Waals surface area contributed by atoms with Crippen LogP contribution in [0.1, 0.15) is 37.6 Å². The van der Waals surface area contributed by atoms with Gasteiger partial charge in [0.25, 0.3) is 0 Å². The third kappa shape index (κ3) is 2.35. The highest BCUT2D eigenvalue weighted by Gasteiger charge is 2.13. The van der Waals surface area contributed by atoms with Crippen molar-refractivity contribution in [3.63, 3.8) is 0 Å². The van der Waals surface area contributed by atoms with Crippen molar-refractivity contribution < 1.29 is 4.79 Å². The second kappa shape index (κ2) is 5.36. The van der Waals surface area contributed by atoms with Crippen molar-refractivity contribution in [1.29, 1.82) is 0 Å². The second-order valence-electron chi connectivity index (χ2n) is 5.93. The molecule has 3 rings (SSSR count). The minimum atomic E-state index is 0.122. The van der Waals surface area contributed by atoms with Crippen LogP contribution in [0.3, 0.4) is 0 Å². The molecular formula is C19H21NO. The first kappa shape index (κ1) is 13.9. The molecular weight excluding hydrogens is 258 g/mol. The molecule has 1 aromatic heterocycles. The predicted molar refractivity (Wildman–Crippen MR) is 88.9 cm³/mol. The highest BCUT2D eigenvalue weighted by Crippen LogP contribution is 2.30. The molecule has 21 heavy (non-hydrogen) atoms. The Bertz CT molecular complexity index is 813. The number of carbonyl (C=O) groups excluding carboxylic acids is 1. The first-order chi connectivity index (χ1) is 10.1. The fourth-order valence-corrected chi connectivity index (χ4v) is 2.91. The summed E-state index contributed by atoms with van der Waals surface area (Å²) in [5.41, 5.74) is 3.22. The van der Waals surface area contributed by atoms with Crippen LogP contribution in [0.5, 0.6) is 0 Å². The van der Waals surface area contributed by atoms with Gasteiger partial charge in [0.15, 0.2) is 5.78 Å². The Morgan fingerprint density at radius 3 is 2.52 bits per heavy atom. The molecule has 0 radical (unpaired) electrons. The number of ketones is 1. The average molecular weight is 279 g/mol. The minimum absolute atomic E-state index is 0.122. The molecule has 0 saturated heterocycles. The van der Waals surface area contributed by atoms with Gasteiger partial charge >= 0.3 is 0 Å². The van der Waals surface area contributed by atoms with Gasteiger partial charge in [0, 0.05) is 33.9 Å². The topological polar surface area (TPSA) is 22.0 Å². The van der Waals surface area contributed by atoms with E-state index in [2.05, 4.69) is 48.7 Å². The molecule has 0 amide bonds. The SMILES string of the molecule is CC[C@H](C)Cn1c2ccccc2c2ccc(C(C)=O)cc21. The van der Waals surface area contributed by atoms with Crippen molar-refractivity contribution in [2.24, 2.45) is 5.92 Å². The largest absolute Gasteiger partial charge is 0.340 e. The second-order valence-corrected chi connectivity index (χ2v) is 5.93. The number of aromatic nitrogens is 1. The third-order valence-electron chi connectivity index (χ3n) is 4.37. The van der Waals surface area contributed by atoms with Crippen LogP contribution < -0.4 is 0 Å². The number of carbonyl (C=O) groups is 1. The summed E-state index contributed by atoms with van der Waals surface area (Å²) < 4.78 is 2.37. The summed E-state index contributed by atoms with van der Waals surface area (Å²) in [4.78, 5) is 11.7. The fourth-order valence-electron chi connectivity index (χ4n) is 2.91. The maximum absolute atomic E-state index is 11.7. The Balaban J connectivity index is 2.32. The van der Waals surface area contributed by atoms with Gasteiger partial charge in [-0.3, -0.25) is 4.79 Å². The van der Waals surface area contributed by atoms with E-state index in [9.17, 15) is 4.79 Å². The number of para-hydroxylation sites is 1. The Hall–Kier alpha value is -2.09. The molecule has 2 aromatic carbocycles. The molecule has 0 spiro atoms. The minimum Gasteiger partial charge on any atom is -0.340 e. The highest BCUT2D eigenvalue weighted by atomic mass is 16.1. The molecule has 0 fully saturated rings. The Morgan fingerprint density at radius 2 is 1.81 bits per heavy atom. The van der Waals surface area contributed by atoms with Crippen LogP contribution in [-0.4, -0.2) is 10.4 Å². The summed E-state index contributed by atoms with van der Waals surface area (Å²) in [5.74, 6) is 0.738. The zero-order chi connectivity index (χ0) is 15.0. The number of Topliss-reactive ketones (excluding diaryl/α,β-unsaturated/α-hetero) is 1. The van der Waals surface area contributed by atoms with Crippen LogP contribution in [0.2, 0.25) is 0 Å². The predicted octanol–water partition coefficient (Wildman–Crippen LogP) is 5.04. The van der Waals surface area contributed by atoms with E-state index in [1.165, 1.54) is 21.8 Å². The summed E-state index contributed by atoms with van der Waals surface area (Å²) >= 11 is 0. The monoisotopic (exact) mass is 279 g/mol. The van der Waals surface area contributed by atoms with E-state index < -0.39 is 0 Å². The van der Waals surface area contributed by atoms with E-state index >= 15 is 0 Å². The molecule has 0 aliphatic heterocycles. The molecule has 0 aliphatic carbocycles. The van der Waals surface area contributed by atoms with E-state index in [4.69, 9.17) is 0 Å². The Morgan fingerprint density at radius 1 is 1.10 bits per heavy atom. The maximum atomic E-state index is 11.7. The van der Waals surface area contributed by atoms with E-state index in [1.54, 1.807) is 6.92 Å². The van der Waals surface area contributed by atoms with Crippen molar-refractivity contribution in [3.8, 4) is 0 Å². The maximum Gasteiger partial charge on any atom is 0.159 e. The summed E-state index contributed by atoms with van der Waals surface area (Å²) in [5, 5.41) is 2.50. The summed E-state index contributed by atoms with van der Waals surface area (Å²) in [6.07, 6.45) is 1.15. The summed E-state index contributed by atoms with van der Waals surface area (Å²) in [6.45, 7) is 7.11. The molecule has 1 heterocycles. The van der Waals surface area contributed by atoms with Gasteiger partial charge in [-0.2, -0.15) is 0 Å². The smallest absolute Gasteiger partial charge is 0.159 e. The molecule has 0 bridgehead atoms. The van der Waals surface area contributed by atoms with E-state index in [1.807, 2.05) is 12.1 Å². The third-order valence-corrected chi connectivity index (χ3v) is 4.37. The first-order valence-electron chi connectivity index (χ1n) is 7.63. The van der Waals surface area contributed by atoms with Gasteiger partial charge in [0.1, 0.15) is 0 Å². The normalized spacial score (nSPS) is 12.9. The molecule has 3 aromatic rings. The van der Waals surface area contributed by atoms with Crippen molar-refractivity contribution in [1.82, 2.24) is 4.57 Å². The number of hydrogen-bond acceptors (Lipinski definition) is 1. The molecule has 1 atom stereocenters. The lowest BCUT2D eigenvalue weighted by atomic mass is 10.1. The van der Waals surface area contributed by atoms with Gasteiger partial charge in [-0.25, -0.2) is 0 Å². The standard InChI is InChI=1S/C19H21NO/c1-4-13(2)12-20-18-8-6-5-7-16(18)17-10-9-15(14(3)21)11-19(17)20/h5-11,13H,4,12H2,1-3H3/t13-/m0/s1. The zero-order valence-electron chi connectivity index (χ0n) is 12.9. The van der Waals surface area contributed by atoms with E-state index in [0.717, 1.165) is 18.5 Å². The Kier molecular flexibility index (Phi) is 3.54. The molecule has 0 unspecified atom stereocenters. The number of hydrogen-bond donors (Lipinski definition) is 0. The molecule has 108 valence electrons. The lowest BCUT2D eigenvalue weighted by molar-refractivity contribution is 0.101. The van der Waals surface area contributed by atoms with Crippen molar-refractivity contribution in [2.75, 3.05) is 0 Å². The van der Waals surface area contributed by atoms with Crippen LogP contribution in [0.25, 0.3) is 21.8 Å². The molecule has 0 N–H and O–H groups in total. The van der Waals surface area contributed by atoms with Crippen molar-refractivity contribution >= 4 is 27.6 Å². The van der Waals surface area contributed by atoms with Crippen LogP contribution in [0.15, 0.2) is 42.5 Å². The number of benzene rings is 2. The number of fused-ring (bicyclic) bond motifs is 3. The highest BCUT2D eigenvalue weighted by molar-refractivity contribution is 6.10. The number of nitrogens with zero attached hydrogens (tertiary/aromatic N) is 1. The Labute approximate surface area is 125 Å². The van der Waals surface area contributed by atoms with Crippen LogP contribution in [-0.2, 0) is 6.54 Å². The average Bonchev–Trinajstić information content (AvgIpc) is 2.81. The molecule has 0 aliphatic rings. The number of rotatable bonds is 4. The molecule has 2 heteroatoms. The lowest BCUT2D eigenvalue weighted by Gasteiger charge is -2.13. The van der Waals surface area contributed by atoms with Crippen molar-refractivity contribution in [3.05, 3.63) is 48.0 Å². The molecule has 2 nitrogen and oxygen atoms in total. The van der Waals surface area contributed by atoms with Crippen LogP contribution >= 0.6 is 0 Å². The van der Waals surface area contributed by atoms with Crippen LogP contribution in [0.4, 0.5) is 0 Å². The molecule has 0 saturated carbocycles. The summed E-state index contributed by atoms with van der Waals surface area (Å²) in [7, 11) is 0.